The number of carboxylic acid groups (broad SMARTS) is 1. The summed E-state index contributed by atoms with van der Waals surface area (Å²) < 4.78 is 0. The lowest BCUT2D eigenvalue weighted by atomic mass is 10.2. The van der Waals surface area contributed by atoms with Crippen LogP contribution < -0.4 is 5.32 Å². The Labute approximate surface area is 113 Å². The lowest BCUT2D eigenvalue weighted by molar-refractivity contribution is 0.0685. The van der Waals surface area contributed by atoms with Gasteiger partial charge in [-0.2, -0.15) is 0 Å². The molecule has 98 valence electrons. The number of aromatic nitrogens is 2. The number of H-pyrrole nitrogens is 1. The SMILES string of the molecule is O=C(NCc1ccccc1Cl)c1nc[nH]c1C(=O)O. The van der Waals surface area contributed by atoms with Crippen LogP contribution in [-0.4, -0.2) is 27.0 Å². The highest BCUT2D eigenvalue weighted by molar-refractivity contribution is 6.31. The molecular weight excluding hydrogens is 270 g/mol. The Morgan fingerprint density at radius 2 is 2.11 bits per heavy atom. The van der Waals surface area contributed by atoms with Crippen molar-refractivity contribution < 1.29 is 14.7 Å². The third-order valence-electron chi connectivity index (χ3n) is 2.47. The van der Waals surface area contributed by atoms with E-state index in [0.29, 0.717) is 5.02 Å². The lowest BCUT2D eigenvalue weighted by Crippen LogP contribution is -2.25. The van der Waals surface area contributed by atoms with Gasteiger partial charge >= 0.3 is 5.97 Å². The van der Waals surface area contributed by atoms with Crippen molar-refractivity contribution in [3.8, 4) is 0 Å². The molecule has 1 amide bonds. The molecule has 7 heteroatoms. The number of benzene rings is 1. The van der Waals surface area contributed by atoms with Gasteiger partial charge in [0.2, 0.25) is 0 Å². The quantitative estimate of drug-likeness (QED) is 0.794. The normalized spacial score (nSPS) is 10.2. The average Bonchev–Trinajstić information content (AvgIpc) is 2.87. The maximum atomic E-state index is 11.8. The van der Waals surface area contributed by atoms with Crippen molar-refractivity contribution in [3.63, 3.8) is 0 Å². The molecule has 0 atom stereocenters. The van der Waals surface area contributed by atoms with Crippen molar-refractivity contribution in [3.05, 3.63) is 52.6 Å². The van der Waals surface area contributed by atoms with Crippen molar-refractivity contribution in [1.82, 2.24) is 15.3 Å². The smallest absolute Gasteiger partial charge is 0.354 e. The molecule has 1 heterocycles. The van der Waals surface area contributed by atoms with E-state index in [2.05, 4.69) is 15.3 Å². The number of carboxylic acids is 1. The van der Waals surface area contributed by atoms with Crippen LogP contribution in [0, 0.1) is 0 Å². The molecule has 0 bridgehead atoms. The van der Waals surface area contributed by atoms with Crippen LogP contribution in [0.15, 0.2) is 30.6 Å². The van der Waals surface area contributed by atoms with Gasteiger partial charge in [-0.05, 0) is 11.6 Å². The Morgan fingerprint density at radius 1 is 1.37 bits per heavy atom. The van der Waals surface area contributed by atoms with E-state index in [1.54, 1.807) is 24.3 Å². The first-order chi connectivity index (χ1) is 9.09. The van der Waals surface area contributed by atoms with Crippen molar-refractivity contribution in [2.24, 2.45) is 0 Å². The number of rotatable bonds is 4. The number of hydrogen-bond acceptors (Lipinski definition) is 3. The summed E-state index contributed by atoms with van der Waals surface area (Å²) in [4.78, 5) is 28.7. The summed E-state index contributed by atoms with van der Waals surface area (Å²) in [5, 5.41) is 12.0. The largest absolute Gasteiger partial charge is 0.477 e. The molecule has 0 saturated carbocycles. The zero-order valence-electron chi connectivity index (χ0n) is 9.68. The number of imidazole rings is 1. The summed E-state index contributed by atoms with van der Waals surface area (Å²) in [7, 11) is 0. The molecule has 0 aliphatic heterocycles. The Balaban J connectivity index is 2.08. The van der Waals surface area contributed by atoms with Crippen LogP contribution in [0.4, 0.5) is 0 Å². The highest BCUT2D eigenvalue weighted by Gasteiger charge is 2.19. The molecule has 2 rings (SSSR count). The summed E-state index contributed by atoms with van der Waals surface area (Å²) in [6.45, 7) is 0.199. The predicted molar refractivity (Wildman–Crippen MR) is 68.2 cm³/mol. The van der Waals surface area contributed by atoms with Gasteiger partial charge in [0, 0.05) is 11.6 Å². The van der Waals surface area contributed by atoms with Crippen molar-refractivity contribution >= 4 is 23.5 Å². The van der Waals surface area contributed by atoms with Crippen molar-refractivity contribution in [2.45, 2.75) is 6.54 Å². The zero-order chi connectivity index (χ0) is 13.8. The summed E-state index contributed by atoms with van der Waals surface area (Å²) >= 11 is 5.95. The predicted octanol–water partition coefficient (Wildman–Crippen LogP) is 1.69. The highest BCUT2D eigenvalue weighted by atomic mass is 35.5. The average molecular weight is 280 g/mol. The Hall–Kier alpha value is -2.34. The van der Waals surface area contributed by atoms with Gasteiger partial charge in [-0.1, -0.05) is 29.8 Å². The molecule has 1 aromatic carbocycles. The van der Waals surface area contributed by atoms with Crippen molar-refractivity contribution in [2.75, 3.05) is 0 Å². The second-order valence-corrected chi connectivity index (χ2v) is 4.11. The fourth-order valence-corrected chi connectivity index (χ4v) is 1.73. The summed E-state index contributed by atoms with van der Waals surface area (Å²) in [6, 6.07) is 7.06. The van der Waals surface area contributed by atoms with Gasteiger partial charge in [0.1, 0.15) is 0 Å². The third-order valence-corrected chi connectivity index (χ3v) is 2.83. The standard InChI is InChI=1S/C12H10ClN3O3/c13-8-4-2-1-3-7(8)5-14-11(17)9-10(12(18)19)16-6-15-9/h1-4,6H,5H2,(H,14,17)(H,15,16)(H,18,19). The maximum Gasteiger partial charge on any atom is 0.354 e. The number of hydrogen-bond donors (Lipinski definition) is 3. The van der Waals surface area contributed by atoms with Gasteiger partial charge in [0.05, 0.1) is 6.33 Å². The minimum absolute atomic E-state index is 0.153. The molecule has 0 saturated heterocycles. The molecule has 0 aliphatic rings. The lowest BCUT2D eigenvalue weighted by Gasteiger charge is -2.05. The summed E-state index contributed by atoms with van der Waals surface area (Å²) in [6.07, 6.45) is 1.16. The van der Waals surface area contributed by atoms with E-state index < -0.39 is 11.9 Å². The van der Waals surface area contributed by atoms with E-state index in [4.69, 9.17) is 16.7 Å². The fourth-order valence-electron chi connectivity index (χ4n) is 1.53. The van der Waals surface area contributed by atoms with Crippen LogP contribution in [0.5, 0.6) is 0 Å². The van der Waals surface area contributed by atoms with E-state index in [-0.39, 0.29) is 17.9 Å². The van der Waals surface area contributed by atoms with E-state index in [0.717, 1.165) is 11.9 Å². The van der Waals surface area contributed by atoms with E-state index >= 15 is 0 Å². The van der Waals surface area contributed by atoms with E-state index in [1.807, 2.05) is 0 Å². The van der Waals surface area contributed by atoms with Gasteiger partial charge in [-0.25, -0.2) is 9.78 Å². The first-order valence-electron chi connectivity index (χ1n) is 5.38. The molecule has 6 nitrogen and oxygen atoms in total. The number of carbonyl (C=O) groups excluding carboxylic acids is 1. The number of nitrogens with one attached hydrogen (secondary N) is 2. The van der Waals surface area contributed by atoms with Crippen LogP contribution in [0.3, 0.4) is 0 Å². The van der Waals surface area contributed by atoms with E-state index in [9.17, 15) is 9.59 Å². The highest BCUT2D eigenvalue weighted by Crippen LogP contribution is 2.14. The maximum absolute atomic E-state index is 11.8. The number of aromatic carboxylic acids is 1. The molecule has 2 aromatic rings. The first kappa shape index (κ1) is 13.1. The van der Waals surface area contributed by atoms with Crippen LogP contribution in [-0.2, 0) is 6.54 Å². The van der Waals surface area contributed by atoms with Crippen LogP contribution >= 0.6 is 11.6 Å². The van der Waals surface area contributed by atoms with Crippen LogP contribution in [0.25, 0.3) is 0 Å². The minimum Gasteiger partial charge on any atom is -0.477 e. The Bertz CT molecular complexity index is 624. The van der Waals surface area contributed by atoms with Gasteiger partial charge in [0.25, 0.3) is 5.91 Å². The van der Waals surface area contributed by atoms with E-state index in [1.165, 1.54) is 0 Å². The monoisotopic (exact) mass is 279 g/mol. The van der Waals surface area contributed by atoms with Crippen LogP contribution in [0.1, 0.15) is 26.5 Å². The number of halogens is 1. The Kier molecular flexibility index (Phi) is 3.82. The topological polar surface area (TPSA) is 95.1 Å². The number of amides is 1. The molecule has 0 aliphatic carbocycles. The van der Waals surface area contributed by atoms with Crippen LogP contribution in [0.2, 0.25) is 5.02 Å². The molecule has 3 N–H and O–H groups in total. The minimum atomic E-state index is -1.24. The number of carbonyl (C=O) groups is 2. The molecule has 0 radical (unpaired) electrons. The zero-order valence-corrected chi connectivity index (χ0v) is 10.4. The van der Waals surface area contributed by atoms with Gasteiger partial charge < -0.3 is 15.4 Å². The molecule has 19 heavy (non-hydrogen) atoms. The molecule has 1 aromatic heterocycles. The van der Waals surface area contributed by atoms with Gasteiger partial charge in [0.15, 0.2) is 11.4 Å². The van der Waals surface area contributed by atoms with Gasteiger partial charge in [-0.15, -0.1) is 0 Å². The Morgan fingerprint density at radius 3 is 2.79 bits per heavy atom. The number of aromatic amines is 1. The van der Waals surface area contributed by atoms with Crippen molar-refractivity contribution in [1.29, 1.82) is 0 Å². The summed E-state index contributed by atoms with van der Waals surface area (Å²) in [5.74, 6) is -1.81. The fraction of sp³-hybridized carbons (Fsp3) is 0.0833. The molecular formula is C12H10ClN3O3. The molecule has 0 fully saturated rings. The summed E-state index contributed by atoms with van der Waals surface area (Å²) in [5.41, 5.74) is 0.348. The molecule has 0 spiro atoms. The second-order valence-electron chi connectivity index (χ2n) is 3.71. The second kappa shape index (κ2) is 5.53. The third kappa shape index (κ3) is 2.92. The number of nitrogens with zero attached hydrogens (tertiary/aromatic N) is 1. The first-order valence-corrected chi connectivity index (χ1v) is 5.75. The molecule has 0 unspecified atom stereocenters. The van der Waals surface area contributed by atoms with Gasteiger partial charge in [-0.3, -0.25) is 4.79 Å².